The molecule has 0 atom stereocenters. The van der Waals surface area contributed by atoms with Gasteiger partial charge in [0.1, 0.15) is 17.0 Å². The number of amides is 1. The largest absolute Gasteiger partial charge is 0.360 e. The lowest BCUT2D eigenvalue weighted by Gasteiger charge is -2.09. The average Bonchev–Trinajstić information content (AvgIpc) is 3.03. The summed E-state index contributed by atoms with van der Waals surface area (Å²) >= 11 is 12.5. The monoisotopic (exact) mass is 438 g/mol. The van der Waals surface area contributed by atoms with Crippen LogP contribution in [0.25, 0.3) is 11.3 Å². The summed E-state index contributed by atoms with van der Waals surface area (Å²) in [7, 11) is -3.31. The first-order valence-corrected chi connectivity index (χ1v) is 10.7. The summed E-state index contributed by atoms with van der Waals surface area (Å²) in [5.74, 6) is -0.176. The Kier molecular flexibility index (Phi) is 5.79. The molecule has 1 amide bonds. The van der Waals surface area contributed by atoms with Crippen molar-refractivity contribution in [3.05, 3.63) is 63.8 Å². The lowest BCUT2D eigenvalue weighted by atomic mass is 10.1. The summed E-state index contributed by atoms with van der Waals surface area (Å²) in [6.45, 7) is 3.17. The van der Waals surface area contributed by atoms with Crippen molar-refractivity contribution in [3.63, 3.8) is 0 Å². The summed E-state index contributed by atoms with van der Waals surface area (Å²) in [6.07, 6.45) is 0. The van der Waals surface area contributed by atoms with Crippen LogP contribution < -0.4 is 5.32 Å². The van der Waals surface area contributed by atoms with Gasteiger partial charge in [0, 0.05) is 11.3 Å². The predicted molar refractivity (Wildman–Crippen MR) is 109 cm³/mol. The van der Waals surface area contributed by atoms with E-state index in [1.807, 2.05) is 0 Å². The van der Waals surface area contributed by atoms with Crippen LogP contribution in [0.1, 0.15) is 23.0 Å². The van der Waals surface area contributed by atoms with Crippen molar-refractivity contribution >= 4 is 44.6 Å². The fraction of sp³-hybridized carbons (Fsp3) is 0.158. The lowest BCUT2D eigenvalue weighted by Crippen LogP contribution is -2.14. The number of anilines is 1. The molecule has 0 spiro atoms. The molecule has 6 nitrogen and oxygen atoms in total. The Bertz CT molecular complexity index is 1120. The molecule has 3 rings (SSSR count). The molecule has 9 heteroatoms. The van der Waals surface area contributed by atoms with E-state index in [2.05, 4.69) is 10.5 Å². The van der Waals surface area contributed by atoms with Crippen molar-refractivity contribution in [1.82, 2.24) is 5.16 Å². The van der Waals surface area contributed by atoms with Crippen LogP contribution in [-0.4, -0.2) is 25.2 Å². The zero-order valence-corrected chi connectivity index (χ0v) is 17.3. The van der Waals surface area contributed by atoms with Gasteiger partial charge in [0.25, 0.3) is 5.91 Å². The average molecular weight is 439 g/mol. The number of nitrogens with one attached hydrogen (secondary N) is 1. The van der Waals surface area contributed by atoms with Gasteiger partial charge in [-0.3, -0.25) is 4.79 Å². The summed E-state index contributed by atoms with van der Waals surface area (Å²) in [6, 6.07) is 10.9. The first kappa shape index (κ1) is 20.4. The van der Waals surface area contributed by atoms with E-state index in [-0.39, 0.29) is 21.9 Å². The number of aromatic nitrogens is 1. The predicted octanol–water partition coefficient (Wildman–Crippen LogP) is 5.00. The standard InChI is InChI=1S/C19H16Cl2N2O4S/c1-3-28(25,26)13-9-7-12(8-10-13)22-19(24)16-11(2)27-23-18(16)17-14(20)5-4-6-15(17)21/h4-10H,3H2,1-2H3,(H,22,24). The van der Waals surface area contributed by atoms with Crippen molar-refractivity contribution < 1.29 is 17.7 Å². The van der Waals surface area contributed by atoms with E-state index in [1.165, 1.54) is 24.3 Å². The zero-order chi connectivity index (χ0) is 20.5. The van der Waals surface area contributed by atoms with Crippen LogP contribution in [0.4, 0.5) is 5.69 Å². The van der Waals surface area contributed by atoms with E-state index in [1.54, 1.807) is 32.0 Å². The molecule has 0 radical (unpaired) electrons. The van der Waals surface area contributed by atoms with Crippen molar-refractivity contribution in [2.24, 2.45) is 0 Å². The number of hydrogen-bond acceptors (Lipinski definition) is 5. The Morgan fingerprint density at radius 2 is 1.71 bits per heavy atom. The molecule has 0 saturated carbocycles. The summed E-state index contributed by atoms with van der Waals surface area (Å²) < 4.78 is 29.0. The second-order valence-electron chi connectivity index (χ2n) is 5.94. The molecule has 3 aromatic rings. The minimum atomic E-state index is -3.31. The molecule has 0 aliphatic rings. The van der Waals surface area contributed by atoms with Crippen LogP contribution in [0.5, 0.6) is 0 Å². The van der Waals surface area contributed by atoms with Crippen LogP contribution in [-0.2, 0) is 9.84 Å². The van der Waals surface area contributed by atoms with Crippen LogP contribution in [0, 0.1) is 6.92 Å². The van der Waals surface area contributed by atoms with E-state index < -0.39 is 15.7 Å². The molecule has 0 aliphatic heterocycles. The summed E-state index contributed by atoms with van der Waals surface area (Å²) in [5.41, 5.74) is 1.25. The van der Waals surface area contributed by atoms with Gasteiger partial charge in [-0.05, 0) is 43.3 Å². The van der Waals surface area contributed by atoms with E-state index in [0.717, 1.165) is 0 Å². The van der Waals surface area contributed by atoms with Gasteiger partial charge in [0.15, 0.2) is 9.84 Å². The third-order valence-corrected chi connectivity index (χ3v) is 6.52. The highest BCUT2D eigenvalue weighted by Gasteiger charge is 2.25. The maximum atomic E-state index is 12.8. The molecule has 0 fully saturated rings. The number of nitrogens with zero attached hydrogens (tertiary/aromatic N) is 1. The third-order valence-electron chi connectivity index (χ3n) is 4.14. The SMILES string of the molecule is CCS(=O)(=O)c1ccc(NC(=O)c2c(-c3c(Cl)cccc3Cl)noc2C)cc1. The molecule has 0 aliphatic carbocycles. The quantitative estimate of drug-likeness (QED) is 0.604. The van der Waals surface area contributed by atoms with Gasteiger partial charge in [-0.2, -0.15) is 0 Å². The molecular formula is C19H16Cl2N2O4S. The van der Waals surface area contributed by atoms with E-state index in [0.29, 0.717) is 27.1 Å². The molecule has 2 aromatic carbocycles. The topological polar surface area (TPSA) is 89.3 Å². The van der Waals surface area contributed by atoms with Gasteiger partial charge in [-0.25, -0.2) is 8.42 Å². The van der Waals surface area contributed by atoms with Crippen molar-refractivity contribution in [3.8, 4) is 11.3 Å². The molecule has 0 saturated heterocycles. The second-order valence-corrected chi connectivity index (χ2v) is 9.03. The number of carbonyl (C=O) groups excluding carboxylic acids is 1. The smallest absolute Gasteiger partial charge is 0.261 e. The third kappa shape index (κ3) is 3.92. The van der Waals surface area contributed by atoms with E-state index >= 15 is 0 Å². The van der Waals surface area contributed by atoms with Gasteiger partial charge < -0.3 is 9.84 Å². The molecule has 1 N–H and O–H groups in total. The normalized spacial score (nSPS) is 11.4. The molecule has 146 valence electrons. The zero-order valence-electron chi connectivity index (χ0n) is 15.0. The van der Waals surface area contributed by atoms with Crippen molar-refractivity contribution in [2.75, 3.05) is 11.1 Å². The van der Waals surface area contributed by atoms with Gasteiger partial charge in [-0.15, -0.1) is 0 Å². The maximum absolute atomic E-state index is 12.8. The highest BCUT2D eigenvalue weighted by molar-refractivity contribution is 7.91. The van der Waals surface area contributed by atoms with Crippen molar-refractivity contribution in [1.29, 1.82) is 0 Å². The lowest BCUT2D eigenvalue weighted by molar-refractivity contribution is 0.102. The Hall–Kier alpha value is -2.35. The first-order valence-electron chi connectivity index (χ1n) is 8.29. The minimum absolute atomic E-state index is 0.000539. The van der Waals surface area contributed by atoms with Gasteiger partial charge in [-0.1, -0.05) is 41.3 Å². The molecule has 0 unspecified atom stereocenters. The highest BCUT2D eigenvalue weighted by atomic mass is 35.5. The van der Waals surface area contributed by atoms with Crippen LogP contribution in [0.2, 0.25) is 10.0 Å². The molecule has 0 bridgehead atoms. The number of benzene rings is 2. The van der Waals surface area contributed by atoms with E-state index in [4.69, 9.17) is 27.7 Å². The molecular weight excluding hydrogens is 423 g/mol. The van der Waals surface area contributed by atoms with Gasteiger partial charge >= 0.3 is 0 Å². The fourth-order valence-electron chi connectivity index (χ4n) is 2.64. The van der Waals surface area contributed by atoms with Gasteiger partial charge in [0.05, 0.1) is 20.7 Å². The number of rotatable bonds is 5. The van der Waals surface area contributed by atoms with Gasteiger partial charge in [0.2, 0.25) is 0 Å². The van der Waals surface area contributed by atoms with Crippen molar-refractivity contribution in [2.45, 2.75) is 18.7 Å². The highest BCUT2D eigenvalue weighted by Crippen LogP contribution is 2.37. The number of hydrogen-bond donors (Lipinski definition) is 1. The second kappa shape index (κ2) is 7.95. The Balaban J connectivity index is 1.94. The number of aryl methyl sites for hydroxylation is 1. The number of sulfone groups is 1. The Labute approximate surface area is 172 Å². The minimum Gasteiger partial charge on any atom is -0.360 e. The molecule has 1 heterocycles. The number of halogens is 2. The number of carbonyl (C=O) groups is 1. The maximum Gasteiger partial charge on any atom is 0.261 e. The van der Waals surface area contributed by atoms with E-state index in [9.17, 15) is 13.2 Å². The van der Waals surface area contributed by atoms with Crippen LogP contribution in [0.15, 0.2) is 51.9 Å². The Morgan fingerprint density at radius 3 is 2.29 bits per heavy atom. The summed E-state index contributed by atoms with van der Waals surface area (Å²) in [5, 5.41) is 7.33. The van der Waals surface area contributed by atoms with Crippen LogP contribution >= 0.6 is 23.2 Å². The molecule has 1 aromatic heterocycles. The first-order chi connectivity index (χ1) is 13.2. The fourth-order valence-corrected chi connectivity index (χ4v) is 4.10. The van der Waals surface area contributed by atoms with Crippen LogP contribution in [0.3, 0.4) is 0 Å². The summed E-state index contributed by atoms with van der Waals surface area (Å²) in [4.78, 5) is 13.0. The molecule has 28 heavy (non-hydrogen) atoms. The Morgan fingerprint density at radius 1 is 1.11 bits per heavy atom.